The standard InChI is InChI=1S/C13H20N2O2/c1-15-9-11(8-12(15)13(16)17-2)7-10-3-5-14-6-4-10/h8-10,14H,3-7H2,1-2H3. The van der Waals surface area contributed by atoms with Gasteiger partial charge in [0.1, 0.15) is 5.69 Å². The molecule has 94 valence electrons. The van der Waals surface area contributed by atoms with Crippen LogP contribution in [0.4, 0.5) is 0 Å². The Morgan fingerprint density at radius 1 is 1.53 bits per heavy atom. The molecule has 0 amide bonds. The molecular formula is C13H20N2O2. The highest BCUT2D eigenvalue weighted by Crippen LogP contribution is 2.19. The smallest absolute Gasteiger partial charge is 0.354 e. The Morgan fingerprint density at radius 2 is 2.24 bits per heavy atom. The zero-order valence-corrected chi connectivity index (χ0v) is 10.5. The van der Waals surface area contributed by atoms with Gasteiger partial charge in [-0.2, -0.15) is 0 Å². The molecule has 1 N–H and O–H groups in total. The van der Waals surface area contributed by atoms with E-state index >= 15 is 0 Å². The summed E-state index contributed by atoms with van der Waals surface area (Å²) in [6.07, 6.45) is 5.55. The van der Waals surface area contributed by atoms with Gasteiger partial charge in [-0.05, 0) is 49.9 Å². The number of rotatable bonds is 3. The van der Waals surface area contributed by atoms with Crippen LogP contribution in [-0.2, 0) is 18.2 Å². The summed E-state index contributed by atoms with van der Waals surface area (Å²) in [5, 5.41) is 3.37. The maximum atomic E-state index is 11.5. The zero-order valence-electron chi connectivity index (χ0n) is 10.5. The number of ether oxygens (including phenoxy) is 1. The average Bonchev–Trinajstić information content (AvgIpc) is 2.70. The van der Waals surface area contributed by atoms with Gasteiger partial charge in [-0.3, -0.25) is 0 Å². The van der Waals surface area contributed by atoms with Gasteiger partial charge in [-0.1, -0.05) is 0 Å². The topological polar surface area (TPSA) is 43.3 Å². The Labute approximate surface area is 102 Å². The van der Waals surface area contributed by atoms with Gasteiger partial charge in [0.2, 0.25) is 0 Å². The molecule has 1 fully saturated rings. The molecule has 0 spiro atoms. The molecule has 0 atom stereocenters. The van der Waals surface area contributed by atoms with Crippen LogP contribution in [0.1, 0.15) is 28.9 Å². The highest BCUT2D eigenvalue weighted by molar-refractivity contribution is 5.87. The second-order valence-corrected chi connectivity index (χ2v) is 4.73. The van der Waals surface area contributed by atoms with Crippen LogP contribution in [0, 0.1) is 5.92 Å². The van der Waals surface area contributed by atoms with Gasteiger partial charge in [-0.15, -0.1) is 0 Å². The number of methoxy groups -OCH3 is 1. The third-order valence-electron chi connectivity index (χ3n) is 3.44. The molecule has 0 aromatic carbocycles. The van der Waals surface area contributed by atoms with Gasteiger partial charge in [-0.25, -0.2) is 4.79 Å². The predicted octanol–water partition coefficient (Wildman–Crippen LogP) is 1.35. The molecule has 0 radical (unpaired) electrons. The highest BCUT2D eigenvalue weighted by atomic mass is 16.5. The molecular weight excluding hydrogens is 216 g/mol. The lowest BCUT2D eigenvalue weighted by atomic mass is 9.92. The van der Waals surface area contributed by atoms with E-state index in [2.05, 4.69) is 5.32 Å². The molecule has 1 saturated heterocycles. The van der Waals surface area contributed by atoms with Crippen LogP contribution >= 0.6 is 0 Å². The first-order valence-corrected chi connectivity index (χ1v) is 6.15. The van der Waals surface area contributed by atoms with E-state index < -0.39 is 0 Å². The van der Waals surface area contributed by atoms with Crippen molar-refractivity contribution in [2.45, 2.75) is 19.3 Å². The number of nitrogens with one attached hydrogen (secondary N) is 1. The quantitative estimate of drug-likeness (QED) is 0.806. The summed E-state index contributed by atoms with van der Waals surface area (Å²) in [7, 11) is 3.31. The molecule has 1 aliphatic rings. The molecule has 0 saturated carbocycles. The van der Waals surface area contributed by atoms with E-state index in [4.69, 9.17) is 4.74 Å². The molecule has 2 heterocycles. The normalized spacial score (nSPS) is 17.1. The highest BCUT2D eigenvalue weighted by Gasteiger charge is 2.17. The second kappa shape index (κ2) is 5.36. The Balaban J connectivity index is 2.03. The number of aromatic nitrogens is 1. The van der Waals surface area contributed by atoms with Crippen molar-refractivity contribution in [3.63, 3.8) is 0 Å². The van der Waals surface area contributed by atoms with Gasteiger partial charge in [0.05, 0.1) is 7.11 Å². The fourth-order valence-corrected chi connectivity index (χ4v) is 2.47. The van der Waals surface area contributed by atoms with Gasteiger partial charge >= 0.3 is 5.97 Å². The van der Waals surface area contributed by atoms with Crippen LogP contribution < -0.4 is 5.32 Å². The minimum absolute atomic E-state index is 0.260. The molecule has 4 nitrogen and oxygen atoms in total. The van der Waals surface area contributed by atoms with Gasteiger partial charge in [0.15, 0.2) is 0 Å². The van der Waals surface area contributed by atoms with Crippen LogP contribution in [-0.4, -0.2) is 30.7 Å². The van der Waals surface area contributed by atoms with Crippen LogP contribution in [0.3, 0.4) is 0 Å². The molecule has 2 rings (SSSR count). The number of carbonyl (C=O) groups excluding carboxylic acids is 1. The van der Waals surface area contributed by atoms with Crippen molar-refractivity contribution in [1.29, 1.82) is 0 Å². The van der Waals surface area contributed by atoms with Crippen LogP contribution in [0.5, 0.6) is 0 Å². The summed E-state index contributed by atoms with van der Waals surface area (Å²) in [4.78, 5) is 11.5. The molecule has 4 heteroatoms. The van der Waals surface area contributed by atoms with Crippen molar-refractivity contribution in [2.75, 3.05) is 20.2 Å². The molecule has 1 aromatic rings. The SMILES string of the molecule is COC(=O)c1cc(CC2CCNCC2)cn1C. The summed E-state index contributed by atoms with van der Waals surface area (Å²) in [5.41, 5.74) is 1.87. The first-order valence-electron chi connectivity index (χ1n) is 6.15. The van der Waals surface area contributed by atoms with E-state index in [1.54, 1.807) is 0 Å². The van der Waals surface area contributed by atoms with Gasteiger partial charge < -0.3 is 14.6 Å². The number of aryl methyl sites for hydroxylation is 1. The van der Waals surface area contributed by atoms with Crippen molar-refractivity contribution < 1.29 is 9.53 Å². The second-order valence-electron chi connectivity index (χ2n) is 4.73. The van der Waals surface area contributed by atoms with Gasteiger partial charge in [0, 0.05) is 13.2 Å². The molecule has 0 aliphatic carbocycles. The Morgan fingerprint density at radius 3 is 2.88 bits per heavy atom. The maximum Gasteiger partial charge on any atom is 0.354 e. The summed E-state index contributed by atoms with van der Waals surface area (Å²) >= 11 is 0. The van der Waals surface area contributed by atoms with E-state index in [1.165, 1.54) is 25.5 Å². The predicted molar refractivity (Wildman–Crippen MR) is 66.1 cm³/mol. The number of carbonyl (C=O) groups is 1. The average molecular weight is 236 g/mol. The minimum Gasteiger partial charge on any atom is -0.464 e. The van der Waals surface area contributed by atoms with Crippen molar-refractivity contribution in [2.24, 2.45) is 13.0 Å². The fraction of sp³-hybridized carbons (Fsp3) is 0.615. The number of piperidine rings is 1. The maximum absolute atomic E-state index is 11.5. The number of nitrogens with zero attached hydrogens (tertiary/aromatic N) is 1. The van der Waals surface area contributed by atoms with Crippen molar-refractivity contribution in [3.05, 3.63) is 23.5 Å². The van der Waals surface area contributed by atoms with Crippen molar-refractivity contribution in [1.82, 2.24) is 9.88 Å². The first kappa shape index (κ1) is 12.2. The van der Waals surface area contributed by atoms with Crippen molar-refractivity contribution >= 4 is 5.97 Å². The fourth-order valence-electron chi connectivity index (χ4n) is 2.47. The zero-order chi connectivity index (χ0) is 12.3. The summed E-state index contributed by atoms with van der Waals surface area (Å²) in [6.45, 7) is 2.22. The lowest BCUT2D eigenvalue weighted by molar-refractivity contribution is 0.0590. The Hall–Kier alpha value is -1.29. The number of hydrogen-bond acceptors (Lipinski definition) is 3. The van der Waals surface area contributed by atoms with Crippen molar-refractivity contribution in [3.8, 4) is 0 Å². The van der Waals surface area contributed by atoms with Crippen LogP contribution in [0.25, 0.3) is 0 Å². The first-order chi connectivity index (χ1) is 8.20. The minimum atomic E-state index is -0.260. The Bertz CT molecular complexity index is 392. The monoisotopic (exact) mass is 236 g/mol. The van der Waals surface area contributed by atoms with E-state index in [0.29, 0.717) is 5.69 Å². The van der Waals surface area contributed by atoms with E-state index in [0.717, 1.165) is 25.4 Å². The molecule has 17 heavy (non-hydrogen) atoms. The van der Waals surface area contributed by atoms with E-state index in [9.17, 15) is 4.79 Å². The third-order valence-corrected chi connectivity index (χ3v) is 3.44. The summed E-state index contributed by atoms with van der Waals surface area (Å²) in [5.74, 6) is 0.480. The van der Waals surface area contributed by atoms with Gasteiger partial charge in [0.25, 0.3) is 0 Å². The summed E-state index contributed by atoms with van der Waals surface area (Å²) in [6, 6.07) is 1.95. The van der Waals surface area contributed by atoms with E-state index in [-0.39, 0.29) is 5.97 Å². The van der Waals surface area contributed by atoms with Crippen LogP contribution in [0.2, 0.25) is 0 Å². The molecule has 0 bridgehead atoms. The number of esters is 1. The number of hydrogen-bond donors (Lipinski definition) is 1. The van der Waals surface area contributed by atoms with Crippen LogP contribution in [0.15, 0.2) is 12.3 Å². The third kappa shape index (κ3) is 2.88. The lowest BCUT2D eigenvalue weighted by Gasteiger charge is -2.21. The lowest BCUT2D eigenvalue weighted by Crippen LogP contribution is -2.28. The largest absolute Gasteiger partial charge is 0.464 e. The molecule has 1 aliphatic heterocycles. The molecule has 0 unspecified atom stereocenters. The molecule has 1 aromatic heterocycles. The Kier molecular flexibility index (Phi) is 3.84. The van der Waals surface area contributed by atoms with E-state index in [1.807, 2.05) is 23.9 Å². The summed E-state index contributed by atoms with van der Waals surface area (Å²) < 4.78 is 6.60.